The molecule has 0 radical (unpaired) electrons. The first-order valence-electron chi connectivity index (χ1n) is 23.9. The molecule has 0 saturated heterocycles. The van der Waals surface area contributed by atoms with Gasteiger partial charge in [-0.3, -0.25) is 4.79 Å². The maximum absolute atomic E-state index is 12.4. The lowest BCUT2D eigenvalue weighted by Crippen LogP contribution is -2.48. The summed E-state index contributed by atoms with van der Waals surface area (Å²) < 4.78 is 0. The van der Waals surface area contributed by atoms with E-state index in [2.05, 4.69) is 48.7 Å². The number of hydrogen-bond acceptors (Lipinski definition) is 4. The van der Waals surface area contributed by atoms with Crippen molar-refractivity contribution in [3.05, 3.63) is 48.6 Å². The van der Waals surface area contributed by atoms with Crippen LogP contribution in [0.2, 0.25) is 0 Å². The molecule has 0 fully saturated rings. The third kappa shape index (κ3) is 40.3. The number of rotatable bonds is 43. The molecule has 0 spiro atoms. The van der Waals surface area contributed by atoms with Crippen LogP contribution in [0.4, 0.5) is 0 Å². The van der Waals surface area contributed by atoms with Gasteiger partial charge >= 0.3 is 0 Å². The fraction of sp³-hybridized carbons (Fsp3) is 0.820. The average molecular weight is 772 g/mol. The zero-order valence-corrected chi connectivity index (χ0v) is 36.6. The SMILES string of the molecule is C/C=C/CC/C=C/CC/C=C/C(O)C(CO)NC(=O)C(O)CCCCCCCCCCCCCCCCCC/C=C\CCCCCCCCCCCCCC. The molecule has 3 atom stereocenters. The van der Waals surface area contributed by atoms with Gasteiger partial charge < -0.3 is 20.6 Å². The van der Waals surface area contributed by atoms with Crippen LogP contribution in [-0.2, 0) is 4.79 Å². The number of aliphatic hydroxyl groups excluding tert-OH is 3. The van der Waals surface area contributed by atoms with Crippen molar-refractivity contribution in [2.24, 2.45) is 0 Å². The van der Waals surface area contributed by atoms with Crippen molar-refractivity contribution < 1.29 is 20.1 Å². The van der Waals surface area contributed by atoms with E-state index < -0.39 is 24.2 Å². The van der Waals surface area contributed by atoms with E-state index in [1.807, 2.05) is 13.0 Å². The van der Waals surface area contributed by atoms with Crippen LogP contribution in [0.5, 0.6) is 0 Å². The molecule has 55 heavy (non-hydrogen) atoms. The molecular weight excluding hydrogens is 679 g/mol. The van der Waals surface area contributed by atoms with Crippen molar-refractivity contribution in [1.29, 1.82) is 0 Å². The minimum absolute atomic E-state index is 0.382. The topological polar surface area (TPSA) is 89.8 Å². The van der Waals surface area contributed by atoms with Gasteiger partial charge in [0.25, 0.3) is 0 Å². The average Bonchev–Trinajstić information content (AvgIpc) is 3.19. The number of unbranched alkanes of at least 4 members (excludes halogenated alkanes) is 30. The van der Waals surface area contributed by atoms with Crippen LogP contribution < -0.4 is 5.32 Å². The van der Waals surface area contributed by atoms with E-state index >= 15 is 0 Å². The third-order valence-electron chi connectivity index (χ3n) is 11.0. The number of carbonyl (C=O) groups is 1. The summed E-state index contributed by atoms with van der Waals surface area (Å²) in [5.74, 6) is -0.519. The van der Waals surface area contributed by atoms with Gasteiger partial charge in [-0.1, -0.05) is 222 Å². The van der Waals surface area contributed by atoms with Crippen molar-refractivity contribution in [1.82, 2.24) is 5.32 Å². The molecule has 0 aliphatic heterocycles. The predicted octanol–water partition coefficient (Wildman–Crippen LogP) is 14.1. The number of nitrogens with one attached hydrogen (secondary N) is 1. The Morgan fingerprint density at radius 3 is 1.22 bits per heavy atom. The second-order valence-electron chi connectivity index (χ2n) is 16.3. The maximum atomic E-state index is 12.4. The van der Waals surface area contributed by atoms with Gasteiger partial charge in [0.05, 0.1) is 18.8 Å². The summed E-state index contributed by atoms with van der Waals surface area (Å²) in [5, 5.41) is 32.9. The summed E-state index contributed by atoms with van der Waals surface area (Å²) in [4.78, 5) is 12.4. The molecule has 1 amide bonds. The summed E-state index contributed by atoms with van der Waals surface area (Å²) >= 11 is 0. The van der Waals surface area contributed by atoms with E-state index in [0.717, 1.165) is 44.9 Å². The number of allylic oxidation sites excluding steroid dienone is 7. The summed E-state index contributed by atoms with van der Waals surface area (Å²) in [6, 6.07) is -0.818. The smallest absolute Gasteiger partial charge is 0.249 e. The Kier molecular flexibility index (Phi) is 43.6. The first kappa shape index (κ1) is 53.3. The minimum Gasteiger partial charge on any atom is -0.394 e. The molecule has 0 aromatic rings. The molecular formula is C50H93NO4. The van der Waals surface area contributed by atoms with Crippen molar-refractivity contribution in [3.63, 3.8) is 0 Å². The van der Waals surface area contributed by atoms with Gasteiger partial charge in [0.2, 0.25) is 5.91 Å². The minimum atomic E-state index is -1.11. The molecule has 0 saturated carbocycles. The van der Waals surface area contributed by atoms with Crippen LogP contribution in [0.15, 0.2) is 48.6 Å². The quantitative estimate of drug-likeness (QED) is 0.0367. The van der Waals surface area contributed by atoms with E-state index in [1.165, 1.54) is 173 Å². The summed E-state index contributed by atoms with van der Waals surface area (Å²) in [6.07, 6.45) is 59.2. The fourth-order valence-electron chi connectivity index (χ4n) is 7.22. The Bertz CT molecular complexity index is 896. The highest BCUT2D eigenvalue weighted by molar-refractivity contribution is 5.80. The summed E-state index contributed by atoms with van der Waals surface area (Å²) in [7, 11) is 0. The lowest BCUT2D eigenvalue weighted by molar-refractivity contribution is -0.131. The highest BCUT2D eigenvalue weighted by Crippen LogP contribution is 2.16. The van der Waals surface area contributed by atoms with Crippen molar-refractivity contribution in [2.45, 2.75) is 257 Å². The molecule has 4 N–H and O–H groups in total. The van der Waals surface area contributed by atoms with Crippen LogP contribution in [0.25, 0.3) is 0 Å². The van der Waals surface area contributed by atoms with Gasteiger partial charge in [0, 0.05) is 0 Å². The van der Waals surface area contributed by atoms with Gasteiger partial charge in [-0.25, -0.2) is 0 Å². The van der Waals surface area contributed by atoms with Crippen LogP contribution in [0.1, 0.15) is 239 Å². The second kappa shape index (κ2) is 45.0. The second-order valence-corrected chi connectivity index (χ2v) is 16.3. The lowest BCUT2D eigenvalue weighted by Gasteiger charge is -2.21. The molecule has 0 aromatic heterocycles. The van der Waals surface area contributed by atoms with Gasteiger partial charge in [-0.05, 0) is 64.7 Å². The Morgan fingerprint density at radius 1 is 0.473 bits per heavy atom. The molecule has 3 unspecified atom stereocenters. The van der Waals surface area contributed by atoms with E-state index in [0.29, 0.717) is 6.42 Å². The Morgan fingerprint density at radius 2 is 0.818 bits per heavy atom. The predicted molar refractivity (Wildman–Crippen MR) is 241 cm³/mol. The zero-order chi connectivity index (χ0) is 40.1. The van der Waals surface area contributed by atoms with Crippen LogP contribution >= 0.6 is 0 Å². The monoisotopic (exact) mass is 772 g/mol. The molecule has 0 rings (SSSR count). The van der Waals surface area contributed by atoms with Gasteiger partial charge in [0.1, 0.15) is 6.10 Å². The first-order chi connectivity index (χ1) is 27.1. The lowest BCUT2D eigenvalue weighted by atomic mass is 10.0. The highest BCUT2D eigenvalue weighted by atomic mass is 16.3. The Labute approximate surface area is 342 Å². The standard InChI is InChI=1S/C50H93NO4/c1-3-5-7-9-11-13-14-15-16-17-18-19-20-21-22-23-24-25-26-27-28-29-30-31-32-33-34-35-37-39-41-43-45-49(54)50(55)51-47(46-52)48(53)44-42-40-38-36-12-10-8-6-4-2/h4,6,12,21-22,36,42,44,47-49,52-54H,3,5,7-11,13-20,23-35,37-41,43,45-46H2,1-2H3,(H,51,55)/b6-4+,22-21-,36-12+,44-42+. The van der Waals surface area contributed by atoms with Crippen LogP contribution in [0, 0.1) is 0 Å². The van der Waals surface area contributed by atoms with Gasteiger partial charge in [0.15, 0.2) is 0 Å². The summed E-state index contributed by atoms with van der Waals surface area (Å²) in [5.41, 5.74) is 0. The first-order valence-corrected chi connectivity index (χ1v) is 23.9. The number of aliphatic hydroxyl groups is 3. The van der Waals surface area contributed by atoms with E-state index in [1.54, 1.807) is 6.08 Å². The normalized spacial score (nSPS) is 13.9. The van der Waals surface area contributed by atoms with E-state index in [4.69, 9.17) is 0 Å². The largest absolute Gasteiger partial charge is 0.394 e. The van der Waals surface area contributed by atoms with E-state index in [9.17, 15) is 20.1 Å². The Balaban J connectivity index is 3.49. The van der Waals surface area contributed by atoms with Crippen molar-refractivity contribution in [3.8, 4) is 0 Å². The molecule has 0 heterocycles. The van der Waals surface area contributed by atoms with Gasteiger partial charge in [-0.2, -0.15) is 0 Å². The number of carbonyl (C=O) groups excluding carboxylic acids is 1. The molecule has 0 bridgehead atoms. The molecule has 0 aliphatic rings. The van der Waals surface area contributed by atoms with E-state index in [-0.39, 0.29) is 6.61 Å². The zero-order valence-electron chi connectivity index (χ0n) is 36.6. The number of amides is 1. The number of hydrogen-bond donors (Lipinski definition) is 4. The third-order valence-corrected chi connectivity index (χ3v) is 11.0. The molecule has 0 aromatic carbocycles. The van der Waals surface area contributed by atoms with Crippen LogP contribution in [-0.4, -0.2) is 46.1 Å². The van der Waals surface area contributed by atoms with Crippen molar-refractivity contribution in [2.75, 3.05) is 6.61 Å². The fourth-order valence-corrected chi connectivity index (χ4v) is 7.22. The highest BCUT2D eigenvalue weighted by Gasteiger charge is 2.22. The van der Waals surface area contributed by atoms with Crippen LogP contribution in [0.3, 0.4) is 0 Å². The summed E-state index contributed by atoms with van der Waals surface area (Å²) in [6.45, 7) is 3.94. The molecule has 5 nitrogen and oxygen atoms in total. The Hall–Kier alpha value is -1.69. The molecule has 5 heteroatoms. The maximum Gasteiger partial charge on any atom is 0.249 e. The van der Waals surface area contributed by atoms with Crippen molar-refractivity contribution >= 4 is 5.91 Å². The molecule has 0 aliphatic carbocycles. The van der Waals surface area contributed by atoms with Gasteiger partial charge in [-0.15, -0.1) is 0 Å². The molecule has 322 valence electrons.